The van der Waals surface area contributed by atoms with E-state index < -0.39 is 0 Å². The Kier molecular flexibility index (Phi) is 4.27. The maximum Gasteiger partial charge on any atom is 0.226 e. The molecular weight excluding hydrogens is 319 g/mol. The molecule has 2 aliphatic rings. The van der Waals surface area contributed by atoms with E-state index in [4.69, 9.17) is 0 Å². The maximum atomic E-state index is 13.4. The van der Waals surface area contributed by atoms with Crippen molar-refractivity contribution in [2.45, 2.75) is 44.6 Å². The molecule has 0 spiro atoms. The summed E-state index contributed by atoms with van der Waals surface area (Å²) >= 11 is 0. The van der Waals surface area contributed by atoms with Crippen LogP contribution in [0, 0.1) is 11.7 Å². The van der Waals surface area contributed by atoms with Gasteiger partial charge in [0.15, 0.2) is 0 Å². The Morgan fingerprint density at radius 1 is 1.32 bits per heavy atom. The highest BCUT2D eigenvalue weighted by atomic mass is 19.1. The topological polar surface area (TPSA) is 51.0 Å². The summed E-state index contributed by atoms with van der Waals surface area (Å²) in [5, 5.41) is 8.27. The first-order chi connectivity index (χ1) is 12.2. The molecule has 6 heteroatoms. The zero-order valence-electron chi connectivity index (χ0n) is 14.4. The molecule has 4 rings (SSSR count). The fourth-order valence-electron chi connectivity index (χ4n) is 3.99. The third kappa shape index (κ3) is 3.17. The largest absolute Gasteiger partial charge is 0.342 e. The standard InChI is InChI=1S/C19H23FN4O/c1-2-23-12-21-22-18(23)13-6-8-24(9-7-13)19(25)17-11-16(17)14-4-3-5-15(20)10-14/h3-5,10,12-13,16-17H,2,6-9,11H2,1H3/t16-,17+/m1/s1. The molecule has 0 radical (unpaired) electrons. The van der Waals surface area contributed by atoms with Gasteiger partial charge >= 0.3 is 0 Å². The first kappa shape index (κ1) is 16.2. The lowest BCUT2D eigenvalue weighted by molar-refractivity contribution is -0.133. The Balaban J connectivity index is 1.35. The molecule has 1 aromatic carbocycles. The molecule has 2 fully saturated rings. The Labute approximate surface area is 146 Å². The highest BCUT2D eigenvalue weighted by Crippen LogP contribution is 2.49. The molecule has 0 bridgehead atoms. The summed E-state index contributed by atoms with van der Waals surface area (Å²) in [6.45, 7) is 4.50. The van der Waals surface area contributed by atoms with E-state index in [0.717, 1.165) is 50.3 Å². The van der Waals surface area contributed by atoms with Crippen LogP contribution in [0.4, 0.5) is 4.39 Å². The lowest BCUT2D eigenvalue weighted by Gasteiger charge is -2.32. The van der Waals surface area contributed by atoms with Gasteiger partial charge in [-0.2, -0.15) is 0 Å². The van der Waals surface area contributed by atoms with Gasteiger partial charge in [-0.25, -0.2) is 4.39 Å². The predicted octanol–water partition coefficient (Wildman–Crippen LogP) is 2.95. The van der Waals surface area contributed by atoms with Gasteiger partial charge in [0.1, 0.15) is 18.0 Å². The molecule has 2 atom stereocenters. The number of hydrogen-bond acceptors (Lipinski definition) is 3. The number of aryl methyl sites for hydroxylation is 1. The Morgan fingerprint density at radius 2 is 2.12 bits per heavy atom. The number of aromatic nitrogens is 3. The van der Waals surface area contributed by atoms with Crippen molar-refractivity contribution >= 4 is 5.91 Å². The Bertz CT molecular complexity index is 766. The summed E-state index contributed by atoms with van der Waals surface area (Å²) in [6.07, 6.45) is 4.48. The quantitative estimate of drug-likeness (QED) is 0.858. The van der Waals surface area contributed by atoms with E-state index in [1.165, 1.54) is 6.07 Å². The van der Waals surface area contributed by atoms with Crippen LogP contribution < -0.4 is 0 Å². The van der Waals surface area contributed by atoms with E-state index in [2.05, 4.69) is 21.7 Å². The number of amides is 1. The Hall–Kier alpha value is -2.24. The zero-order chi connectivity index (χ0) is 17.4. The summed E-state index contributed by atoms with van der Waals surface area (Å²) in [7, 11) is 0. The number of rotatable bonds is 4. The lowest BCUT2D eigenvalue weighted by atomic mass is 9.95. The number of nitrogens with zero attached hydrogens (tertiary/aromatic N) is 4. The van der Waals surface area contributed by atoms with Gasteiger partial charge in [0.25, 0.3) is 0 Å². The SMILES string of the molecule is CCn1cnnc1C1CCN(C(=O)[C@H]2C[C@@H]2c2cccc(F)c2)CC1. The van der Waals surface area contributed by atoms with Crippen molar-refractivity contribution in [3.05, 3.63) is 47.8 Å². The number of carbonyl (C=O) groups is 1. The van der Waals surface area contributed by atoms with Crippen LogP contribution in [0.25, 0.3) is 0 Å². The molecule has 2 heterocycles. The number of halogens is 1. The van der Waals surface area contributed by atoms with Gasteiger partial charge in [0, 0.05) is 31.5 Å². The van der Waals surface area contributed by atoms with Crippen molar-refractivity contribution in [1.29, 1.82) is 0 Å². The molecule has 1 aromatic heterocycles. The molecule has 0 unspecified atom stereocenters. The molecule has 1 saturated heterocycles. The molecule has 5 nitrogen and oxygen atoms in total. The van der Waals surface area contributed by atoms with Gasteiger partial charge in [0.2, 0.25) is 5.91 Å². The van der Waals surface area contributed by atoms with Gasteiger partial charge < -0.3 is 9.47 Å². The highest BCUT2D eigenvalue weighted by Gasteiger charge is 2.46. The summed E-state index contributed by atoms with van der Waals surface area (Å²) < 4.78 is 15.5. The maximum absolute atomic E-state index is 13.4. The molecular formula is C19H23FN4O. The number of piperidine rings is 1. The van der Waals surface area contributed by atoms with E-state index in [-0.39, 0.29) is 23.6 Å². The van der Waals surface area contributed by atoms with E-state index in [0.29, 0.717) is 5.92 Å². The molecule has 1 aliphatic carbocycles. The summed E-state index contributed by atoms with van der Waals surface area (Å²) in [6, 6.07) is 6.65. The fraction of sp³-hybridized carbons (Fsp3) is 0.526. The second kappa shape index (κ2) is 6.58. The van der Waals surface area contributed by atoms with Gasteiger partial charge in [-0.05, 0) is 49.8 Å². The minimum atomic E-state index is -0.226. The normalized spacial score (nSPS) is 23.7. The molecule has 1 aliphatic heterocycles. The first-order valence-electron chi connectivity index (χ1n) is 9.09. The van der Waals surface area contributed by atoms with Crippen molar-refractivity contribution in [2.24, 2.45) is 5.92 Å². The summed E-state index contributed by atoms with van der Waals surface area (Å²) in [5.41, 5.74) is 0.948. The van der Waals surface area contributed by atoms with Gasteiger partial charge in [-0.1, -0.05) is 12.1 Å². The fourth-order valence-corrected chi connectivity index (χ4v) is 3.99. The highest BCUT2D eigenvalue weighted by molar-refractivity contribution is 5.83. The van der Waals surface area contributed by atoms with Crippen molar-refractivity contribution in [3.63, 3.8) is 0 Å². The minimum Gasteiger partial charge on any atom is -0.342 e. The van der Waals surface area contributed by atoms with Crippen molar-refractivity contribution in [2.75, 3.05) is 13.1 Å². The van der Waals surface area contributed by atoms with Crippen LogP contribution in [-0.4, -0.2) is 38.7 Å². The van der Waals surface area contributed by atoms with Crippen LogP contribution in [0.2, 0.25) is 0 Å². The van der Waals surface area contributed by atoms with Crippen LogP contribution in [0.5, 0.6) is 0 Å². The van der Waals surface area contributed by atoms with E-state index in [9.17, 15) is 9.18 Å². The first-order valence-corrected chi connectivity index (χ1v) is 9.09. The van der Waals surface area contributed by atoms with Crippen molar-refractivity contribution in [1.82, 2.24) is 19.7 Å². The average Bonchev–Trinajstić information content (AvgIpc) is 3.30. The molecule has 1 saturated carbocycles. The van der Waals surface area contributed by atoms with E-state index >= 15 is 0 Å². The lowest BCUT2D eigenvalue weighted by Crippen LogP contribution is -2.39. The second-order valence-corrected chi connectivity index (χ2v) is 7.08. The van der Waals surface area contributed by atoms with Gasteiger partial charge in [0.05, 0.1) is 0 Å². The Morgan fingerprint density at radius 3 is 2.84 bits per heavy atom. The molecule has 132 valence electrons. The van der Waals surface area contributed by atoms with E-state index in [1.807, 2.05) is 11.0 Å². The average molecular weight is 342 g/mol. The molecule has 25 heavy (non-hydrogen) atoms. The van der Waals surface area contributed by atoms with Gasteiger partial charge in [-0.15, -0.1) is 10.2 Å². The van der Waals surface area contributed by atoms with E-state index in [1.54, 1.807) is 18.5 Å². The van der Waals surface area contributed by atoms with Crippen LogP contribution in [-0.2, 0) is 11.3 Å². The smallest absolute Gasteiger partial charge is 0.226 e. The second-order valence-electron chi connectivity index (χ2n) is 7.08. The summed E-state index contributed by atoms with van der Waals surface area (Å²) in [5.74, 6) is 1.63. The number of carbonyl (C=O) groups excluding carboxylic acids is 1. The summed E-state index contributed by atoms with van der Waals surface area (Å²) in [4.78, 5) is 14.7. The van der Waals surface area contributed by atoms with Crippen LogP contribution >= 0.6 is 0 Å². The zero-order valence-corrected chi connectivity index (χ0v) is 14.4. The third-order valence-corrected chi connectivity index (χ3v) is 5.54. The van der Waals surface area contributed by atoms with Crippen LogP contribution in [0.1, 0.15) is 49.4 Å². The van der Waals surface area contributed by atoms with Crippen molar-refractivity contribution < 1.29 is 9.18 Å². The number of hydrogen-bond donors (Lipinski definition) is 0. The molecule has 1 amide bonds. The van der Waals surface area contributed by atoms with Gasteiger partial charge in [-0.3, -0.25) is 4.79 Å². The van der Waals surface area contributed by atoms with Crippen molar-refractivity contribution in [3.8, 4) is 0 Å². The molecule has 0 N–H and O–H groups in total. The number of benzene rings is 1. The number of likely N-dealkylation sites (tertiary alicyclic amines) is 1. The minimum absolute atomic E-state index is 0.0256. The predicted molar refractivity (Wildman–Crippen MR) is 91.5 cm³/mol. The third-order valence-electron chi connectivity index (χ3n) is 5.54. The monoisotopic (exact) mass is 342 g/mol. The molecule has 2 aromatic rings. The van der Waals surface area contributed by atoms with Crippen LogP contribution in [0.3, 0.4) is 0 Å². The van der Waals surface area contributed by atoms with Crippen LogP contribution in [0.15, 0.2) is 30.6 Å².